The Morgan fingerprint density at radius 2 is 1.41 bits per heavy atom. The number of hydrogen-bond acceptors (Lipinski definition) is 4. The van der Waals surface area contributed by atoms with Crippen molar-refractivity contribution in [3.63, 3.8) is 0 Å². The quantitative estimate of drug-likeness (QED) is 0.357. The highest BCUT2D eigenvalue weighted by atomic mass is 16.4. The van der Waals surface area contributed by atoms with Crippen molar-refractivity contribution in [3.8, 4) is 0 Å². The predicted octanol–water partition coefficient (Wildman–Crippen LogP) is 2.24. The molecule has 0 radical (unpaired) electrons. The number of carbonyl (C=O) groups excluding carboxylic acids is 3. The fourth-order valence-corrected chi connectivity index (χ4v) is 2.16. The van der Waals surface area contributed by atoms with E-state index in [4.69, 9.17) is 5.11 Å². The first kappa shape index (κ1) is 20.3. The molecule has 6 heteroatoms. The maximum atomic E-state index is 11.6. The van der Waals surface area contributed by atoms with Crippen molar-refractivity contribution in [3.05, 3.63) is 0 Å². The number of hydrogen-bond donors (Lipinski definition) is 2. The van der Waals surface area contributed by atoms with E-state index in [9.17, 15) is 19.2 Å². The third-order valence-electron chi connectivity index (χ3n) is 3.43. The van der Waals surface area contributed by atoms with Crippen LogP contribution in [0.1, 0.15) is 70.6 Å². The molecule has 0 unspecified atom stereocenters. The van der Waals surface area contributed by atoms with Gasteiger partial charge in [-0.05, 0) is 19.3 Å². The van der Waals surface area contributed by atoms with E-state index < -0.39 is 12.0 Å². The van der Waals surface area contributed by atoms with Gasteiger partial charge in [0.15, 0.2) is 0 Å². The molecule has 2 N–H and O–H groups in total. The number of carboxylic acid groups (broad SMARTS) is 1. The molecule has 22 heavy (non-hydrogen) atoms. The van der Waals surface area contributed by atoms with Crippen LogP contribution in [0.25, 0.3) is 0 Å². The monoisotopic (exact) mass is 313 g/mol. The summed E-state index contributed by atoms with van der Waals surface area (Å²) in [7, 11) is 0. The molecule has 0 saturated carbocycles. The normalized spacial score (nSPS) is 11.6. The highest BCUT2D eigenvalue weighted by Crippen LogP contribution is 2.09. The van der Waals surface area contributed by atoms with Gasteiger partial charge in [0.05, 0.1) is 0 Å². The number of rotatable bonds is 15. The Balaban J connectivity index is 3.60. The maximum Gasteiger partial charge on any atom is 0.326 e. The average Bonchev–Trinajstić information content (AvgIpc) is 2.49. The zero-order valence-electron chi connectivity index (χ0n) is 13.1. The third kappa shape index (κ3) is 12.1. The lowest BCUT2D eigenvalue weighted by atomic mass is 10.1. The molecule has 0 aliphatic carbocycles. The molecule has 0 aromatic carbocycles. The molecule has 0 saturated heterocycles. The van der Waals surface area contributed by atoms with Crippen LogP contribution in [0.4, 0.5) is 0 Å². The lowest BCUT2D eigenvalue weighted by Gasteiger charge is -2.13. The summed E-state index contributed by atoms with van der Waals surface area (Å²) in [6, 6.07) is -0.976. The summed E-state index contributed by atoms with van der Waals surface area (Å²) in [5.41, 5.74) is 0. The number of carbonyl (C=O) groups is 4. The van der Waals surface area contributed by atoms with Crippen molar-refractivity contribution >= 4 is 24.4 Å². The highest BCUT2D eigenvalue weighted by molar-refractivity contribution is 5.83. The molecule has 0 aliphatic heterocycles. The SMILES string of the molecule is O=CCCCCCCCCCC(=O)N[C@@H](CCC=O)C(=O)O. The molecule has 0 fully saturated rings. The predicted molar refractivity (Wildman–Crippen MR) is 82.5 cm³/mol. The molecular weight excluding hydrogens is 286 g/mol. The van der Waals surface area contributed by atoms with Gasteiger partial charge in [0, 0.05) is 19.3 Å². The second-order valence-electron chi connectivity index (χ2n) is 5.38. The first-order valence-corrected chi connectivity index (χ1v) is 8.01. The van der Waals surface area contributed by atoms with E-state index in [1.807, 2.05) is 0 Å². The van der Waals surface area contributed by atoms with Gasteiger partial charge in [-0.2, -0.15) is 0 Å². The Labute approximate surface area is 131 Å². The van der Waals surface area contributed by atoms with E-state index in [0.29, 0.717) is 19.1 Å². The number of nitrogens with one attached hydrogen (secondary N) is 1. The number of aldehydes is 2. The van der Waals surface area contributed by atoms with E-state index in [-0.39, 0.29) is 18.7 Å². The van der Waals surface area contributed by atoms with Crippen LogP contribution >= 0.6 is 0 Å². The Hall–Kier alpha value is -1.72. The molecule has 0 heterocycles. The van der Waals surface area contributed by atoms with Gasteiger partial charge in [0.2, 0.25) is 5.91 Å². The fraction of sp³-hybridized carbons (Fsp3) is 0.750. The summed E-state index contributed by atoms with van der Waals surface area (Å²) >= 11 is 0. The van der Waals surface area contributed by atoms with Gasteiger partial charge in [0.1, 0.15) is 18.6 Å². The lowest BCUT2D eigenvalue weighted by molar-refractivity contribution is -0.142. The summed E-state index contributed by atoms with van der Waals surface area (Å²) < 4.78 is 0. The second kappa shape index (κ2) is 14.2. The summed E-state index contributed by atoms with van der Waals surface area (Å²) in [4.78, 5) is 42.9. The number of carboxylic acids is 1. The van der Waals surface area contributed by atoms with E-state index >= 15 is 0 Å². The van der Waals surface area contributed by atoms with Gasteiger partial charge < -0.3 is 20.0 Å². The van der Waals surface area contributed by atoms with Crippen LogP contribution in [0, 0.1) is 0 Å². The molecule has 0 aromatic heterocycles. The van der Waals surface area contributed by atoms with Gasteiger partial charge in [-0.25, -0.2) is 4.79 Å². The van der Waals surface area contributed by atoms with Crippen molar-refractivity contribution in [2.24, 2.45) is 0 Å². The molecule has 6 nitrogen and oxygen atoms in total. The molecule has 126 valence electrons. The number of amides is 1. The van der Waals surface area contributed by atoms with Crippen molar-refractivity contribution in [1.29, 1.82) is 0 Å². The minimum Gasteiger partial charge on any atom is -0.480 e. The molecule has 0 aromatic rings. The minimum atomic E-state index is -1.11. The topological polar surface area (TPSA) is 101 Å². The fourth-order valence-electron chi connectivity index (χ4n) is 2.16. The number of unbranched alkanes of at least 4 members (excludes halogenated alkanes) is 7. The minimum absolute atomic E-state index is 0.126. The van der Waals surface area contributed by atoms with Crippen molar-refractivity contribution < 1.29 is 24.3 Å². The first-order valence-electron chi connectivity index (χ1n) is 8.01. The summed E-state index contributed by atoms with van der Waals surface area (Å²) in [5, 5.41) is 11.4. The van der Waals surface area contributed by atoms with E-state index in [0.717, 1.165) is 51.2 Å². The van der Waals surface area contributed by atoms with Crippen molar-refractivity contribution in [2.75, 3.05) is 0 Å². The zero-order valence-corrected chi connectivity index (χ0v) is 13.1. The van der Waals surface area contributed by atoms with Gasteiger partial charge in [-0.1, -0.05) is 32.1 Å². The highest BCUT2D eigenvalue weighted by Gasteiger charge is 2.18. The van der Waals surface area contributed by atoms with Crippen LogP contribution in [-0.2, 0) is 19.2 Å². The Morgan fingerprint density at radius 1 is 0.864 bits per heavy atom. The van der Waals surface area contributed by atoms with Gasteiger partial charge in [-0.3, -0.25) is 4.79 Å². The van der Waals surface area contributed by atoms with Crippen LogP contribution < -0.4 is 5.32 Å². The van der Waals surface area contributed by atoms with Crippen LogP contribution in [0.3, 0.4) is 0 Å². The molecule has 0 bridgehead atoms. The third-order valence-corrected chi connectivity index (χ3v) is 3.43. The average molecular weight is 313 g/mol. The lowest BCUT2D eigenvalue weighted by Crippen LogP contribution is -2.40. The van der Waals surface area contributed by atoms with E-state index in [1.165, 1.54) is 0 Å². The van der Waals surface area contributed by atoms with Gasteiger partial charge >= 0.3 is 5.97 Å². The molecule has 1 amide bonds. The van der Waals surface area contributed by atoms with Gasteiger partial charge in [0.25, 0.3) is 0 Å². The molecule has 0 spiro atoms. The van der Waals surface area contributed by atoms with Crippen LogP contribution in [0.15, 0.2) is 0 Å². The van der Waals surface area contributed by atoms with Crippen LogP contribution in [0.2, 0.25) is 0 Å². The smallest absolute Gasteiger partial charge is 0.326 e. The molecule has 0 rings (SSSR count). The molecule has 0 aliphatic rings. The summed E-state index contributed by atoms with van der Waals surface area (Å²) in [6.07, 6.45) is 9.73. The van der Waals surface area contributed by atoms with Crippen molar-refractivity contribution in [2.45, 2.75) is 76.7 Å². The Kier molecular flexibility index (Phi) is 13.1. The first-order chi connectivity index (χ1) is 10.6. The Bertz CT molecular complexity index is 343. The summed E-state index contributed by atoms with van der Waals surface area (Å²) in [5.74, 6) is -1.38. The second-order valence-corrected chi connectivity index (χ2v) is 5.38. The van der Waals surface area contributed by atoms with Crippen LogP contribution in [0.5, 0.6) is 0 Å². The van der Waals surface area contributed by atoms with E-state index in [1.54, 1.807) is 0 Å². The maximum absolute atomic E-state index is 11.6. The van der Waals surface area contributed by atoms with Crippen molar-refractivity contribution in [1.82, 2.24) is 5.32 Å². The standard InChI is InChI=1S/C16H27NO5/c18-12-8-6-4-2-1-3-5-7-11-15(20)17-14(16(21)22)10-9-13-19/h12-14H,1-11H2,(H,17,20)(H,21,22)/t14-/m0/s1. The van der Waals surface area contributed by atoms with Crippen LogP contribution in [-0.4, -0.2) is 35.6 Å². The number of aliphatic carboxylic acids is 1. The largest absolute Gasteiger partial charge is 0.480 e. The summed E-state index contributed by atoms with van der Waals surface area (Å²) in [6.45, 7) is 0. The molecular formula is C16H27NO5. The molecule has 1 atom stereocenters. The Morgan fingerprint density at radius 3 is 1.95 bits per heavy atom. The van der Waals surface area contributed by atoms with Gasteiger partial charge in [-0.15, -0.1) is 0 Å². The zero-order chi connectivity index (χ0) is 16.6. The van der Waals surface area contributed by atoms with E-state index in [2.05, 4.69) is 5.32 Å².